The van der Waals surface area contributed by atoms with Gasteiger partial charge in [-0.25, -0.2) is 0 Å². The van der Waals surface area contributed by atoms with Crippen LogP contribution in [0.4, 0.5) is 0 Å². The summed E-state index contributed by atoms with van der Waals surface area (Å²) in [5.41, 5.74) is 0. The minimum atomic E-state index is 0.442. The van der Waals surface area contributed by atoms with E-state index in [0.717, 1.165) is 25.7 Å². The van der Waals surface area contributed by atoms with Gasteiger partial charge in [-0.15, -0.1) is 0 Å². The molecule has 18 heavy (non-hydrogen) atoms. The van der Waals surface area contributed by atoms with Crippen molar-refractivity contribution in [3.63, 3.8) is 0 Å². The quantitative estimate of drug-likeness (QED) is 0.681. The highest BCUT2D eigenvalue weighted by Crippen LogP contribution is 2.25. The molecule has 1 unspecified atom stereocenters. The molecule has 0 N–H and O–H groups in total. The lowest BCUT2D eigenvalue weighted by Gasteiger charge is -2.35. The van der Waals surface area contributed by atoms with E-state index in [4.69, 9.17) is 9.47 Å². The molecule has 1 saturated carbocycles. The predicted molar refractivity (Wildman–Crippen MR) is 73.9 cm³/mol. The summed E-state index contributed by atoms with van der Waals surface area (Å²) in [6.07, 6.45) is 10.2. The fourth-order valence-electron chi connectivity index (χ4n) is 3.35. The highest BCUT2D eigenvalue weighted by atomic mass is 16.5. The maximum atomic E-state index is 5.88. The number of rotatable bonds is 6. The van der Waals surface area contributed by atoms with E-state index in [9.17, 15) is 0 Å². The van der Waals surface area contributed by atoms with Crippen molar-refractivity contribution in [1.82, 2.24) is 4.90 Å². The Hall–Kier alpha value is -0.120. The van der Waals surface area contributed by atoms with Crippen molar-refractivity contribution < 1.29 is 9.47 Å². The molecule has 0 aromatic carbocycles. The zero-order valence-electron chi connectivity index (χ0n) is 11.9. The van der Waals surface area contributed by atoms with Crippen molar-refractivity contribution in [3.05, 3.63) is 0 Å². The first-order valence-electron chi connectivity index (χ1n) is 7.71. The molecule has 0 amide bonds. The molecule has 0 spiro atoms. The van der Waals surface area contributed by atoms with Crippen LogP contribution in [0.15, 0.2) is 0 Å². The minimum absolute atomic E-state index is 0.442. The third-order valence-corrected chi connectivity index (χ3v) is 4.34. The molecule has 0 radical (unpaired) electrons. The van der Waals surface area contributed by atoms with Crippen LogP contribution in [0.5, 0.6) is 0 Å². The summed E-state index contributed by atoms with van der Waals surface area (Å²) in [6, 6.07) is 0. The molecule has 1 atom stereocenters. The Kier molecular flexibility index (Phi) is 6.46. The molecule has 1 saturated heterocycles. The van der Waals surface area contributed by atoms with Crippen LogP contribution < -0.4 is 0 Å². The van der Waals surface area contributed by atoms with Gasteiger partial charge < -0.3 is 14.4 Å². The Labute approximate surface area is 112 Å². The lowest BCUT2D eigenvalue weighted by Crippen LogP contribution is -2.42. The second-order valence-electron chi connectivity index (χ2n) is 5.89. The van der Waals surface area contributed by atoms with Crippen LogP contribution in [-0.4, -0.2) is 51.0 Å². The predicted octanol–water partition coefficient (Wildman–Crippen LogP) is 2.69. The third-order valence-electron chi connectivity index (χ3n) is 4.34. The van der Waals surface area contributed by atoms with Crippen LogP contribution in [0.2, 0.25) is 0 Å². The number of hydrogen-bond donors (Lipinski definition) is 0. The normalized spacial score (nSPS) is 27.5. The molecule has 2 aliphatic rings. The Bertz CT molecular complexity index is 217. The standard InChI is InChI=1S/C15H29NO2/c1-17-10-11-18-15-8-5-9-16(13-15)12-14-6-3-2-4-7-14/h14-15H,2-13H2,1H3. The van der Waals surface area contributed by atoms with E-state index in [2.05, 4.69) is 4.90 Å². The summed E-state index contributed by atoms with van der Waals surface area (Å²) < 4.78 is 10.9. The van der Waals surface area contributed by atoms with Crippen molar-refractivity contribution >= 4 is 0 Å². The smallest absolute Gasteiger partial charge is 0.0704 e. The largest absolute Gasteiger partial charge is 0.382 e. The highest BCUT2D eigenvalue weighted by Gasteiger charge is 2.23. The topological polar surface area (TPSA) is 21.7 Å². The van der Waals surface area contributed by atoms with Gasteiger partial charge in [0.2, 0.25) is 0 Å². The molecule has 1 aliphatic heterocycles. The van der Waals surface area contributed by atoms with Crippen molar-refractivity contribution in [2.24, 2.45) is 5.92 Å². The van der Waals surface area contributed by atoms with Crippen LogP contribution in [0.1, 0.15) is 44.9 Å². The molecule has 2 fully saturated rings. The van der Waals surface area contributed by atoms with E-state index >= 15 is 0 Å². The summed E-state index contributed by atoms with van der Waals surface area (Å²) in [7, 11) is 1.74. The van der Waals surface area contributed by atoms with Gasteiger partial charge in [0, 0.05) is 20.2 Å². The second kappa shape index (κ2) is 8.13. The Morgan fingerprint density at radius 2 is 1.83 bits per heavy atom. The molecule has 0 aromatic rings. The van der Waals surface area contributed by atoms with Crippen LogP contribution >= 0.6 is 0 Å². The van der Waals surface area contributed by atoms with Gasteiger partial charge in [-0.05, 0) is 38.1 Å². The number of ether oxygens (including phenoxy) is 2. The molecule has 106 valence electrons. The lowest BCUT2D eigenvalue weighted by molar-refractivity contribution is -0.0243. The summed E-state index contributed by atoms with van der Waals surface area (Å²) in [4.78, 5) is 2.64. The Morgan fingerprint density at radius 3 is 2.61 bits per heavy atom. The van der Waals surface area contributed by atoms with Gasteiger partial charge in [-0.1, -0.05) is 19.3 Å². The van der Waals surface area contributed by atoms with Gasteiger partial charge in [-0.3, -0.25) is 0 Å². The molecule has 1 aliphatic carbocycles. The SMILES string of the molecule is COCCOC1CCCN(CC2CCCCC2)C1. The van der Waals surface area contributed by atoms with Crippen LogP contribution in [0.3, 0.4) is 0 Å². The van der Waals surface area contributed by atoms with Gasteiger partial charge in [0.15, 0.2) is 0 Å². The van der Waals surface area contributed by atoms with Crippen molar-refractivity contribution in [3.8, 4) is 0 Å². The summed E-state index contributed by atoms with van der Waals surface area (Å²) in [5.74, 6) is 0.955. The molecule has 0 bridgehead atoms. The van der Waals surface area contributed by atoms with Gasteiger partial charge in [0.1, 0.15) is 0 Å². The van der Waals surface area contributed by atoms with Gasteiger partial charge in [0.05, 0.1) is 19.3 Å². The summed E-state index contributed by atoms with van der Waals surface area (Å²) in [5, 5.41) is 0. The molecule has 3 nitrogen and oxygen atoms in total. The Morgan fingerprint density at radius 1 is 1.00 bits per heavy atom. The number of likely N-dealkylation sites (tertiary alicyclic amines) is 1. The van der Waals surface area contributed by atoms with Gasteiger partial charge in [0.25, 0.3) is 0 Å². The van der Waals surface area contributed by atoms with E-state index in [-0.39, 0.29) is 0 Å². The monoisotopic (exact) mass is 255 g/mol. The summed E-state index contributed by atoms with van der Waals surface area (Å²) >= 11 is 0. The van der Waals surface area contributed by atoms with Crippen LogP contribution in [-0.2, 0) is 9.47 Å². The van der Waals surface area contributed by atoms with Gasteiger partial charge >= 0.3 is 0 Å². The Balaban J connectivity index is 1.65. The van der Waals surface area contributed by atoms with E-state index in [0.29, 0.717) is 6.10 Å². The van der Waals surface area contributed by atoms with Crippen molar-refractivity contribution in [2.75, 3.05) is 40.0 Å². The van der Waals surface area contributed by atoms with Gasteiger partial charge in [-0.2, -0.15) is 0 Å². The van der Waals surface area contributed by atoms with Crippen LogP contribution in [0, 0.1) is 5.92 Å². The average molecular weight is 255 g/mol. The van der Waals surface area contributed by atoms with E-state index in [1.807, 2.05) is 0 Å². The van der Waals surface area contributed by atoms with Crippen molar-refractivity contribution in [2.45, 2.75) is 51.0 Å². The fourth-order valence-corrected chi connectivity index (χ4v) is 3.35. The molecule has 1 heterocycles. The molecule has 2 rings (SSSR count). The van der Waals surface area contributed by atoms with E-state index < -0.39 is 0 Å². The molecular formula is C15H29NO2. The highest BCUT2D eigenvalue weighted by molar-refractivity contribution is 4.77. The first-order valence-corrected chi connectivity index (χ1v) is 7.71. The first kappa shape index (κ1) is 14.3. The van der Waals surface area contributed by atoms with Crippen LogP contribution in [0.25, 0.3) is 0 Å². The fraction of sp³-hybridized carbons (Fsp3) is 1.00. The number of methoxy groups -OCH3 is 1. The first-order chi connectivity index (χ1) is 8.88. The number of nitrogens with zero attached hydrogens (tertiary/aromatic N) is 1. The number of piperidine rings is 1. The zero-order valence-corrected chi connectivity index (χ0v) is 11.9. The molecular weight excluding hydrogens is 226 g/mol. The maximum absolute atomic E-state index is 5.88. The zero-order chi connectivity index (χ0) is 12.6. The molecule has 3 heteroatoms. The van der Waals surface area contributed by atoms with E-state index in [1.54, 1.807) is 7.11 Å². The molecule has 0 aromatic heterocycles. The minimum Gasteiger partial charge on any atom is -0.382 e. The maximum Gasteiger partial charge on any atom is 0.0704 e. The van der Waals surface area contributed by atoms with E-state index in [1.165, 1.54) is 58.0 Å². The number of hydrogen-bond acceptors (Lipinski definition) is 3. The second-order valence-corrected chi connectivity index (χ2v) is 5.89. The third kappa shape index (κ3) is 4.87. The summed E-state index contributed by atoms with van der Waals surface area (Å²) in [6.45, 7) is 5.20. The lowest BCUT2D eigenvalue weighted by atomic mass is 9.88. The van der Waals surface area contributed by atoms with Crippen molar-refractivity contribution in [1.29, 1.82) is 0 Å². The average Bonchev–Trinajstić information content (AvgIpc) is 2.41.